The van der Waals surface area contributed by atoms with Crippen molar-refractivity contribution in [2.45, 2.75) is 19.8 Å². The van der Waals surface area contributed by atoms with E-state index in [2.05, 4.69) is 0 Å². The summed E-state index contributed by atoms with van der Waals surface area (Å²) < 4.78 is 11.3. The third-order valence-corrected chi connectivity index (χ3v) is 5.60. The van der Waals surface area contributed by atoms with Crippen molar-refractivity contribution in [1.82, 2.24) is 5.48 Å². The van der Waals surface area contributed by atoms with Crippen LogP contribution in [0.1, 0.15) is 18.9 Å². The predicted molar refractivity (Wildman–Crippen MR) is 111 cm³/mol. The minimum absolute atomic E-state index is 0.242. The number of benzene rings is 3. The van der Waals surface area contributed by atoms with Crippen molar-refractivity contribution < 1.29 is 24.3 Å². The molecule has 3 aromatic rings. The van der Waals surface area contributed by atoms with Gasteiger partial charge in [0.25, 0.3) is 0 Å². The summed E-state index contributed by atoms with van der Waals surface area (Å²) in [5.74, 6) is -0.103. The zero-order valence-electron chi connectivity index (χ0n) is 16.6. The van der Waals surface area contributed by atoms with Gasteiger partial charge in [0, 0.05) is 5.39 Å². The van der Waals surface area contributed by atoms with Gasteiger partial charge in [-0.3, -0.25) is 14.8 Å². The highest BCUT2D eigenvalue weighted by Crippen LogP contribution is 2.56. The zero-order chi connectivity index (χ0) is 21.1. The van der Waals surface area contributed by atoms with E-state index in [9.17, 15) is 9.59 Å². The Balaban J connectivity index is 1.51. The van der Waals surface area contributed by atoms with Gasteiger partial charge in [0.05, 0.1) is 17.9 Å². The van der Waals surface area contributed by atoms with Crippen molar-refractivity contribution in [2.24, 2.45) is 11.3 Å². The molecule has 0 aliphatic heterocycles. The maximum absolute atomic E-state index is 12.5. The number of hydroxylamine groups is 1. The van der Waals surface area contributed by atoms with Crippen LogP contribution < -0.4 is 10.2 Å². The second-order valence-corrected chi connectivity index (χ2v) is 7.51. The molecule has 1 aliphatic rings. The number of rotatable bonds is 7. The number of hydrogen-bond acceptors (Lipinski definition) is 5. The summed E-state index contributed by atoms with van der Waals surface area (Å²) in [6, 6.07) is 21.4. The van der Waals surface area contributed by atoms with Crippen molar-refractivity contribution in [3.05, 3.63) is 72.3 Å². The fourth-order valence-electron chi connectivity index (χ4n) is 3.95. The lowest BCUT2D eigenvalue weighted by Crippen LogP contribution is -2.30. The first kappa shape index (κ1) is 19.9. The molecule has 0 spiro atoms. The number of ether oxygens (including phenoxy) is 2. The first-order valence-corrected chi connectivity index (χ1v) is 9.93. The molecule has 0 aromatic heterocycles. The minimum Gasteiger partial charge on any atom is -0.466 e. The van der Waals surface area contributed by atoms with Crippen molar-refractivity contribution in [3.63, 3.8) is 0 Å². The molecule has 2 atom stereocenters. The van der Waals surface area contributed by atoms with Gasteiger partial charge in [-0.05, 0) is 48.9 Å². The van der Waals surface area contributed by atoms with Crippen LogP contribution in [0.4, 0.5) is 0 Å². The summed E-state index contributed by atoms with van der Waals surface area (Å²) in [7, 11) is 0. The highest BCUT2D eigenvalue weighted by Gasteiger charge is 2.64. The van der Waals surface area contributed by atoms with Crippen LogP contribution in [0.2, 0.25) is 0 Å². The quantitative estimate of drug-likeness (QED) is 0.349. The molecule has 30 heavy (non-hydrogen) atoms. The van der Waals surface area contributed by atoms with Gasteiger partial charge in [-0.1, -0.05) is 48.5 Å². The van der Waals surface area contributed by atoms with Crippen LogP contribution in [-0.2, 0) is 20.7 Å². The van der Waals surface area contributed by atoms with Crippen LogP contribution in [0, 0.1) is 11.3 Å². The molecule has 1 saturated carbocycles. The molecule has 6 nitrogen and oxygen atoms in total. The molecular weight excluding hydrogens is 382 g/mol. The Labute approximate surface area is 174 Å². The lowest BCUT2D eigenvalue weighted by Gasteiger charge is -2.16. The van der Waals surface area contributed by atoms with Crippen LogP contribution in [0.5, 0.6) is 11.5 Å². The number of amides is 1. The van der Waals surface area contributed by atoms with Gasteiger partial charge in [0.1, 0.15) is 11.5 Å². The van der Waals surface area contributed by atoms with Crippen molar-refractivity contribution >= 4 is 22.6 Å². The summed E-state index contributed by atoms with van der Waals surface area (Å²) in [6.07, 6.45) is 0.713. The van der Waals surface area contributed by atoms with Crippen molar-refractivity contribution in [1.29, 1.82) is 0 Å². The van der Waals surface area contributed by atoms with Gasteiger partial charge in [0.15, 0.2) is 0 Å². The van der Waals surface area contributed by atoms with Gasteiger partial charge in [-0.15, -0.1) is 0 Å². The van der Waals surface area contributed by atoms with Gasteiger partial charge in [-0.25, -0.2) is 5.48 Å². The number of nitrogens with one attached hydrogen (secondary N) is 1. The molecule has 3 aromatic carbocycles. The second-order valence-electron chi connectivity index (χ2n) is 7.51. The van der Waals surface area contributed by atoms with Gasteiger partial charge in [-0.2, -0.15) is 0 Å². The van der Waals surface area contributed by atoms with Crippen LogP contribution in [0.25, 0.3) is 10.8 Å². The summed E-state index contributed by atoms with van der Waals surface area (Å²) in [5, 5.41) is 11.1. The van der Waals surface area contributed by atoms with E-state index < -0.39 is 23.2 Å². The van der Waals surface area contributed by atoms with Gasteiger partial charge < -0.3 is 9.47 Å². The van der Waals surface area contributed by atoms with Crippen molar-refractivity contribution in [2.75, 3.05) is 6.61 Å². The summed E-state index contributed by atoms with van der Waals surface area (Å²) in [6.45, 7) is 1.97. The molecular formula is C24H23NO5. The van der Waals surface area contributed by atoms with E-state index in [0.29, 0.717) is 18.6 Å². The first-order valence-electron chi connectivity index (χ1n) is 9.93. The predicted octanol–water partition coefficient (Wildman–Crippen LogP) is 4.25. The Hall–Kier alpha value is -3.38. The maximum Gasteiger partial charge on any atom is 0.313 e. The molecule has 4 rings (SSSR count). The fourth-order valence-corrected chi connectivity index (χ4v) is 3.95. The van der Waals surface area contributed by atoms with Gasteiger partial charge >= 0.3 is 5.97 Å². The Kier molecular flexibility index (Phi) is 5.42. The van der Waals surface area contributed by atoms with Crippen LogP contribution in [-0.4, -0.2) is 23.7 Å². The monoisotopic (exact) mass is 405 g/mol. The van der Waals surface area contributed by atoms with E-state index in [0.717, 1.165) is 22.1 Å². The first-order chi connectivity index (χ1) is 14.6. The number of carbonyl (C=O) groups excluding carboxylic acids is 2. The molecule has 154 valence electrons. The topological polar surface area (TPSA) is 84.9 Å². The zero-order valence-corrected chi connectivity index (χ0v) is 16.6. The molecule has 0 radical (unpaired) electrons. The molecule has 2 N–H and O–H groups in total. The molecule has 0 bridgehead atoms. The Morgan fingerprint density at radius 1 is 1.07 bits per heavy atom. The summed E-state index contributed by atoms with van der Waals surface area (Å²) >= 11 is 0. The lowest BCUT2D eigenvalue weighted by molar-refractivity contribution is -0.152. The summed E-state index contributed by atoms with van der Waals surface area (Å²) in [4.78, 5) is 24.4. The van der Waals surface area contributed by atoms with Crippen LogP contribution >= 0.6 is 0 Å². The normalized spacial score (nSPS) is 19.9. The van der Waals surface area contributed by atoms with Crippen molar-refractivity contribution in [3.8, 4) is 11.5 Å². The van der Waals surface area contributed by atoms with Crippen LogP contribution in [0.3, 0.4) is 0 Å². The smallest absolute Gasteiger partial charge is 0.313 e. The molecule has 1 aliphatic carbocycles. The van der Waals surface area contributed by atoms with E-state index in [-0.39, 0.29) is 6.61 Å². The molecule has 0 heterocycles. The Morgan fingerprint density at radius 2 is 1.80 bits per heavy atom. The average molecular weight is 405 g/mol. The third-order valence-electron chi connectivity index (χ3n) is 5.60. The third kappa shape index (κ3) is 3.74. The van der Waals surface area contributed by atoms with E-state index in [1.54, 1.807) is 12.4 Å². The molecule has 6 heteroatoms. The van der Waals surface area contributed by atoms with Crippen LogP contribution in [0.15, 0.2) is 66.7 Å². The van der Waals surface area contributed by atoms with E-state index >= 15 is 0 Å². The number of esters is 1. The maximum atomic E-state index is 12.5. The van der Waals surface area contributed by atoms with Gasteiger partial charge in [0.2, 0.25) is 5.91 Å². The number of hydrogen-bond donors (Lipinski definition) is 2. The number of fused-ring (bicyclic) bond motifs is 1. The summed E-state index contributed by atoms with van der Waals surface area (Å²) in [5.41, 5.74) is 1.61. The molecule has 0 saturated heterocycles. The van der Waals surface area contributed by atoms with E-state index in [4.69, 9.17) is 14.7 Å². The Bertz CT molecular complexity index is 1070. The molecule has 0 unspecified atom stereocenters. The SMILES string of the molecule is CCOC(=O)[C@@]1(Cc2ccc(Oc3cccc4ccccc34)cc2)C[C@@H]1C(=O)NO. The average Bonchev–Trinajstić information content (AvgIpc) is 3.50. The van der Waals surface area contributed by atoms with E-state index in [1.807, 2.05) is 66.7 Å². The molecule has 1 fully saturated rings. The lowest BCUT2D eigenvalue weighted by atomic mass is 9.93. The minimum atomic E-state index is -0.930. The largest absolute Gasteiger partial charge is 0.466 e. The number of carbonyl (C=O) groups is 2. The highest BCUT2D eigenvalue weighted by molar-refractivity contribution is 5.93. The van der Waals surface area contributed by atoms with E-state index in [1.165, 1.54) is 0 Å². The Morgan fingerprint density at radius 3 is 2.53 bits per heavy atom. The standard InChI is InChI=1S/C24H23NO5/c1-2-29-23(27)24(15-20(24)22(26)25-28)14-16-10-12-18(13-11-16)30-21-9-5-7-17-6-3-4-8-19(17)21/h3-13,20,28H,2,14-15H2,1H3,(H,25,26)/t20-,24+/m1/s1. The second kappa shape index (κ2) is 8.16. The fraction of sp³-hybridized carbons (Fsp3) is 0.250. The highest BCUT2D eigenvalue weighted by atomic mass is 16.5. The molecule has 1 amide bonds.